The van der Waals surface area contributed by atoms with Crippen LogP contribution in [0.5, 0.6) is 5.75 Å². The van der Waals surface area contributed by atoms with Gasteiger partial charge in [0.05, 0.1) is 10.2 Å². The lowest BCUT2D eigenvalue weighted by Gasteiger charge is -2.11. The number of aromatic nitrogens is 1. The molecule has 0 aliphatic heterocycles. The van der Waals surface area contributed by atoms with Crippen molar-refractivity contribution >= 4 is 50.5 Å². The number of aromatic hydroxyl groups is 1. The summed E-state index contributed by atoms with van der Waals surface area (Å²) in [5, 5.41) is 11.1. The third-order valence-electron chi connectivity index (χ3n) is 4.94. The predicted octanol–water partition coefficient (Wildman–Crippen LogP) is 7.29. The van der Waals surface area contributed by atoms with Crippen LogP contribution in [0, 0.1) is 20.8 Å². The first kappa shape index (κ1) is 19.7. The third-order valence-corrected chi connectivity index (χ3v) is 6.48. The van der Waals surface area contributed by atoms with Gasteiger partial charge in [-0.05, 0) is 77.7 Å². The van der Waals surface area contributed by atoms with Crippen molar-refractivity contribution in [3.05, 3.63) is 74.2 Å². The van der Waals surface area contributed by atoms with Gasteiger partial charge in [0.15, 0.2) is 5.58 Å². The van der Waals surface area contributed by atoms with Crippen LogP contribution in [0.2, 0.25) is 5.02 Å². The summed E-state index contributed by atoms with van der Waals surface area (Å²) in [6.07, 6.45) is 1.62. The summed E-state index contributed by atoms with van der Waals surface area (Å²) < 4.78 is 6.48. The van der Waals surface area contributed by atoms with Crippen LogP contribution in [-0.2, 0) is 0 Å². The molecule has 0 radical (unpaired) electrons. The standard InChI is InChI=1S/C23H18BrClN2O2/c1-12-6-4-5-7-16(12)23-27-18-10-15(8-9-19(18)29-23)26-11-17-13(2)21(25)14(3)20(24)22(17)28/h4-11,28H,1-3H3. The first-order valence-electron chi connectivity index (χ1n) is 9.04. The van der Waals surface area contributed by atoms with Gasteiger partial charge in [-0.15, -0.1) is 0 Å². The number of hydrogen-bond acceptors (Lipinski definition) is 4. The van der Waals surface area contributed by atoms with Gasteiger partial charge in [0, 0.05) is 22.4 Å². The quantitative estimate of drug-likeness (QED) is 0.320. The normalized spacial score (nSPS) is 11.6. The highest BCUT2D eigenvalue weighted by Crippen LogP contribution is 2.38. The summed E-state index contributed by atoms with van der Waals surface area (Å²) in [6.45, 7) is 5.74. The number of phenolic OH excluding ortho intramolecular Hbond substituents is 1. The number of nitrogens with zero attached hydrogens (tertiary/aromatic N) is 2. The lowest BCUT2D eigenvalue weighted by atomic mass is 10.0. The molecule has 4 nitrogen and oxygen atoms in total. The van der Waals surface area contributed by atoms with Gasteiger partial charge in [0.25, 0.3) is 0 Å². The summed E-state index contributed by atoms with van der Waals surface area (Å²) in [5.74, 6) is 0.708. The van der Waals surface area contributed by atoms with Crippen molar-refractivity contribution in [3.8, 4) is 17.2 Å². The van der Waals surface area contributed by atoms with E-state index in [0.717, 1.165) is 27.8 Å². The molecule has 0 bridgehead atoms. The first-order valence-corrected chi connectivity index (χ1v) is 10.2. The Bertz CT molecular complexity index is 1250. The SMILES string of the molecule is Cc1ccccc1-c1nc2cc(N=Cc3c(C)c(Cl)c(C)c(Br)c3O)ccc2o1. The molecule has 4 rings (SSSR count). The second-order valence-electron chi connectivity index (χ2n) is 6.88. The smallest absolute Gasteiger partial charge is 0.227 e. The Labute approximate surface area is 182 Å². The molecule has 0 aliphatic rings. The maximum absolute atomic E-state index is 10.5. The molecule has 1 aromatic heterocycles. The number of aryl methyl sites for hydroxylation is 1. The van der Waals surface area contributed by atoms with Crippen LogP contribution >= 0.6 is 27.5 Å². The van der Waals surface area contributed by atoms with Gasteiger partial charge in [-0.3, -0.25) is 4.99 Å². The largest absolute Gasteiger partial charge is 0.506 e. The summed E-state index contributed by atoms with van der Waals surface area (Å²) in [5.41, 5.74) is 6.34. The molecule has 1 N–H and O–H groups in total. The van der Waals surface area contributed by atoms with Crippen LogP contribution in [0.15, 0.2) is 56.3 Å². The van der Waals surface area contributed by atoms with Gasteiger partial charge in [-0.1, -0.05) is 29.8 Å². The van der Waals surface area contributed by atoms with E-state index in [0.29, 0.717) is 32.2 Å². The maximum atomic E-state index is 10.5. The zero-order chi connectivity index (χ0) is 20.7. The van der Waals surface area contributed by atoms with Crippen molar-refractivity contribution in [3.63, 3.8) is 0 Å². The number of fused-ring (bicyclic) bond motifs is 1. The zero-order valence-corrected chi connectivity index (χ0v) is 18.5. The lowest BCUT2D eigenvalue weighted by Crippen LogP contribution is -1.94. The van der Waals surface area contributed by atoms with Crippen LogP contribution in [0.25, 0.3) is 22.6 Å². The van der Waals surface area contributed by atoms with E-state index in [4.69, 9.17) is 16.0 Å². The zero-order valence-electron chi connectivity index (χ0n) is 16.1. The second kappa shape index (κ2) is 7.65. The Kier molecular flexibility index (Phi) is 5.19. The highest BCUT2D eigenvalue weighted by molar-refractivity contribution is 9.10. The average molecular weight is 470 g/mol. The van der Waals surface area contributed by atoms with Gasteiger partial charge in [0.1, 0.15) is 11.3 Å². The fourth-order valence-electron chi connectivity index (χ4n) is 3.19. The van der Waals surface area contributed by atoms with Crippen LogP contribution in [0.1, 0.15) is 22.3 Å². The predicted molar refractivity (Wildman–Crippen MR) is 122 cm³/mol. The van der Waals surface area contributed by atoms with Gasteiger partial charge >= 0.3 is 0 Å². The van der Waals surface area contributed by atoms with Gasteiger partial charge < -0.3 is 9.52 Å². The molecule has 0 fully saturated rings. The number of halogens is 2. The topological polar surface area (TPSA) is 58.6 Å². The molecule has 3 aromatic carbocycles. The summed E-state index contributed by atoms with van der Waals surface area (Å²) >= 11 is 9.75. The Morgan fingerprint density at radius 1 is 1.10 bits per heavy atom. The Morgan fingerprint density at radius 2 is 1.86 bits per heavy atom. The molecular weight excluding hydrogens is 452 g/mol. The van der Waals surface area contributed by atoms with Crippen molar-refractivity contribution in [2.45, 2.75) is 20.8 Å². The second-order valence-corrected chi connectivity index (χ2v) is 8.06. The van der Waals surface area contributed by atoms with Crippen molar-refractivity contribution in [1.82, 2.24) is 4.98 Å². The molecule has 0 amide bonds. The number of phenols is 1. The third kappa shape index (κ3) is 3.56. The van der Waals surface area contributed by atoms with E-state index in [2.05, 4.69) is 25.9 Å². The molecule has 0 unspecified atom stereocenters. The van der Waals surface area contributed by atoms with Crippen LogP contribution in [0.3, 0.4) is 0 Å². The van der Waals surface area contributed by atoms with E-state index in [9.17, 15) is 5.11 Å². The fourth-order valence-corrected chi connectivity index (χ4v) is 3.91. The van der Waals surface area contributed by atoms with Gasteiger partial charge in [-0.2, -0.15) is 0 Å². The molecule has 0 atom stereocenters. The number of aliphatic imine (C=N–C) groups is 1. The number of benzene rings is 3. The van der Waals surface area contributed by atoms with Crippen molar-refractivity contribution in [2.24, 2.45) is 4.99 Å². The van der Waals surface area contributed by atoms with Crippen LogP contribution in [0.4, 0.5) is 5.69 Å². The molecule has 0 saturated heterocycles. The number of oxazole rings is 1. The van der Waals surface area contributed by atoms with Crippen molar-refractivity contribution < 1.29 is 9.52 Å². The molecule has 4 aromatic rings. The molecule has 29 heavy (non-hydrogen) atoms. The Morgan fingerprint density at radius 3 is 2.62 bits per heavy atom. The molecular formula is C23H18BrClN2O2. The van der Waals surface area contributed by atoms with Gasteiger partial charge in [-0.25, -0.2) is 4.98 Å². The van der Waals surface area contributed by atoms with Crippen molar-refractivity contribution in [1.29, 1.82) is 0 Å². The van der Waals surface area contributed by atoms with E-state index in [1.54, 1.807) is 6.21 Å². The summed E-state index contributed by atoms with van der Waals surface area (Å²) in [7, 11) is 0. The molecule has 0 spiro atoms. The number of rotatable bonds is 3. The fraction of sp³-hybridized carbons (Fsp3) is 0.130. The summed E-state index contributed by atoms with van der Waals surface area (Å²) in [4.78, 5) is 9.13. The minimum Gasteiger partial charge on any atom is -0.506 e. The van der Waals surface area contributed by atoms with E-state index < -0.39 is 0 Å². The van der Waals surface area contributed by atoms with E-state index >= 15 is 0 Å². The maximum Gasteiger partial charge on any atom is 0.227 e. The van der Waals surface area contributed by atoms with E-state index in [-0.39, 0.29) is 5.75 Å². The minimum atomic E-state index is 0.123. The highest BCUT2D eigenvalue weighted by atomic mass is 79.9. The molecule has 0 aliphatic carbocycles. The summed E-state index contributed by atoms with van der Waals surface area (Å²) in [6, 6.07) is 13.5. The van der Waals surface area contributed by atoms with E-state index in [1.165, 1.54) is 0 Å². The van der Waals surface area contributed by atoms with Crippen LogP contribution in [-0.4, -0.2) is 16.3 Å². The highest BCUT2D eigenvalue weighted by Gasteiger charge is 2.15. The molecule has 146 valence electrons. The van der Waals surface area contributed by atoms with E-state index in [1.807, 2.05) is 63.2 Å². The first-order chi connectivity index (χ1) is 13.9. The molecule has 6 heteroatoms. The average Bonchev–Trinajstić information content (AvgIpc) is 3.14. The molecule has 0 saturated carbocycles. The Balaban J connectivity index is 1.72. The van der Waals surface area contributed by atoms with Crippen molar-refractivity contribution in [2.75, 3.05) is 0 Å². The number of hydrogen-bond donors (Lipinski definition) is 1. The Hall–Kier alpha value is -2.63. The minimum absolute atomic E-state index is 0.123. The molecule has 1 heterocycles. The van der Waals surface area contributed by atoms with Crippen LogP contribution < -0.4 is 0 Å². The monoisotopic (exact) mass is 468 g/mol. The lowest BCUT2D eigenvalue weighted by molar-refractivity contribution is 0.470. The van der Waals surface area contributed by atoms with Gasteiger partial charge in [0.2, 0.25) is 5.89 Å².